The van der Waals surface area contributed by atoms with Crippen molar-refractivity contribution in [3.63, 3.8) is 0 Å². The van der Waals surface area contributed by atoms with E-state index in [2.05, 4.69) is 24.0 Å². The Bertz CT molecular complexity index is 290. The molecule has 0 aromatic heterocycles. The summed E-state index contributed by atoms with van der Waals surface area (Å²) in [5.74, 6) is 0. The van der Waals surface area contributed by atoms with E-state index in [9.17, 15) is 5.11 Å². The monoisotopic (exact) mass is 237 g/mol. The zero-order chi connectivity index (χ0) is 12.5. The van der Waals surface area contributed by atoms with Gasteiger partial charge in [0.1, 0.15) is 0 Å². The highest BCUT2D eigenvalue weighted by atomic mass is 16.5. The normalized spacial score (nSPS) is 12.4. The molecule has 0 heterocycles. The Balaban J connectivity index is 2.60. The van der Waals surface area contributed by atoms with Crippen molar-refractivity contribution >= 4 is 5.69 Å². The van der Waals surface area contributed by atoms with E-state index < -0.39 is 6.10 Å². The van der Waals surface area contributed by atoms with Crippen molar-refractivity contribution in [1.82, 2.24) is 0 Å². The van der Waals surface area contributed by atoms with Crippen molar-refractivity contribution in [3.8, 4) is 0 Å². The molecule has 1 aromatic rings. The van der Waals surface area contributed by atoms with Crippen LogP contribution in [0.5, 0.6) is 0 Å². The third-order valence-corrected chi connectivity index (χ3v) is 2.69. The Morgan fingerprint density at radius 1 is 1.29 bits per heavy atom. The smallest absolute Gasteiger partial charge is 0.0947 e. The minimum Gasteiger partial charge on any atom is -0.389 e. The number of aliphatic hydroxyl groups is 1. The molecule has 0 amide bonds. The van der Waals surface area contributed by atoms with Crippen LogP contribution in [-0.4, -0.2) is 38.0 Å². The van der Waals surface area contributed by atoms with Crippen LogP contribution in [0.1, 0.15) is 19.8 Å². The van der Waals surface area contributed by atoms with E-state index in [1.807, 2.05) is 18.2 Å². The van der Waals surface area contributed by atoms with Crippen LogP contribution in [0.25, 0.3) is 0 Å². The lowest BCUT2D eigenvalue weighted by atomic mass is 10.2. The fourth-order valence-electron chi connectivity index (χ4n) is 1.81. The molecule has 3 heteroatoms. The van der Waals surface area contributed by atoms with E-state index in [0.717, 1.165) is 25.1 Å². The molecule has 0 aliphatic rings. The molecule has 96 valence electrons. The molecule has 0 aliphatic carbocycles. The van der Waals surface area contributed by atoms with Crippen molar-refractivity contribution in [2.75, 3.05) is 31.7 Å². The highest BCUT2D eigenvalue weighted by molar-refractivity contribution is 5.46. The zero-order valence-electron chi connectivity index (χ0n) is 10.8. The average Bonchev–Trinajstić information content (AvgIpc) is 2.36. The Morgan fingerprint density at radius 3 is 2.59 bits per heavy atom. The minimum absolute atomic E-state index is 0.384. The van der Waals surface area contributed by atoms with E-state index in [0.29, 0.717) is 13.2 Å². The molecule has 0 spiro atoms. The number of rotatable bonds is 8. The summed E-state index contributed by atoms with van der Waals surface area (Å²) in [4.78, 5) is 2.22. The Kier molecular flexibility index (Phi) is 6.67. The van der Waals surface area contributed by atoms with E-state index >= 15 is 0 Å². The van der Waals surface area contributed by atoms with Gasteiger partial charge in [0.05, 0.1) is 12.7 Å². The SMILES string of the molecule is CCCCN(CC(O)COC)c1ccccc1. The van der Waals surface area contributed by atoms with Crippen molar-refractivity contribution in [3.05, 3.63) is 30.3 Å². The van der Waals surface area contributed by atoms with Gasteiger partial charge in [-0.2, -0.15) is 0 Å². The van der Waals surface area contributed by atoms with Crippen molar-refractivity contribution in [1.29, 1.82) is 0 Å². The first kappa shape index (κ1) is 14.0. The molecule has 3 nitrogen and oxygen atoms in total. The number of benzene rings is 1. The summed E-state index contributed by atoms with van der Waals surface area (Å²) in [5.41, 5.74) is 1.16. The van der Waals surface area contributed by atoms with Crippen LogP contribution in [0.3, 0.4) is 0 Å². The van der Waals surface area contributed by atoms with Crippen LogP contribution in [0, 0.1) is 0 Å². The molecule has 1 unspecified atom stereocenters. The average molecular weight is 237 g/mol. The molecule has 1 rings (SSSR count). The molecule has 1 aromatic carbocycles. The van der Waals surface area contributed by atoms with Gasteiger partial charge in [0, 0.05) is 25.9 Å². The lowest BCUT2D eigenvalue weighted by molar-refractivity contribution is 0.0688. The lowest BCUT2D eigenvalue weighted by Crippen LogP contribution is -2.35. The first-order valence-corrected chi connectivity index (χ1v) is 6.25. The Morgan fingerprint density at radius 2 is 2.00 bits per heavy atom. The van der Waals surface area contributed by atoms with Crippen LogP contribution in [0.15, 0.2) is 30.3 Å². The molecular weight excluding hydrogens is 214 g/mol. The number of anilines is 1. The fourth-order valence-corrected chi connectivity index (χ4v) is 1.81. The quantitative estimate of drug-likeness (QED) is 0.753. The summed E-state index contributed by atoms with van der Waals surface area (Å²) < 4.78 is 4.97. The first-order valence-electron chi connectivity index (χ1n) is 6.25. The van der Waals surface area contributed by atoms with Gasteiger partial charge >= 0.3 is 0 Å². The second-order valence-electron chi connectivity index (χ2n) is 4.24. The summed E-state index contributed by atoms with van der Waals surface area (Å²) in [7, 11) is 1.61. The van der Waals surface area contributed by atoms with Crippen molar-refractivity contribution in [2.45, 2.75) is 25.9 Å². The van der Waals surface area contributed by atoms with Crippen LogP contribution in [0.4, 0.5) is 5.69 Å². The number of aliphatic hydroxyl groups excluding tert-OH is 1. The molecular formula is C14H23NO2. The molecule has 0 aliphatic heterocycles. The van der Waals surface area contributed by atoms with Gasteiger partial charge in [-0.3, -0.25) is 0 Å². The number of hydrogen-bond donors (Lipinski definition) is 1. The molecule has 0 fully saturated rings. The largest absolute Gasteiger partial charge is 0.389 e. The van der Waals surface area contributed by atoms with E-state index in [-0.39, 0.29) is 0 Å². The fraction of sp³-hybridized carbons (Fsp3) is 0.571. The molecule has 1 atom stereocenters. The maximum Gasteiger partial charge on any atom is 0.0947 e. The Labute approximate surface area is 104 Å². The number of methoxy groups -OCH3 is 1. The van der Waals surface area contributed by atoms with Gasteiger partial charge in [0.2, 0.25) is 0 Å². The second kappa shape index (κ2) is 8.09. The molecule has 0 saturated heterocycles. The van der Waals surface area contributed by atoms with Crippen molar-refractivity contribution in [2.24, 2.45) is 0 Å². The topological polar surface area (TPSA) is 32.7 Å². The summed E-state index contributed by atoms with van der Waals surface area (Å²) in [6.45, 7) is 4.16. The summed E-state index contributed by atoms with van der Waals surface area (Å²) in [6.07, 6.45) is 1.86. The van der Waals surface area contributed by atoms with E-state index in [1.54, 1.807) is 7.11 Å². The van der Waals surface area contributed by atoms with Gasteiger partial charge in [-0.1, -0.05) is 31.5 Å². The number of hydrogen-bond acceptors (Lipinski definition) is 3. The molecule has 0 saturated carbocycles. The number of nitrogens with zero attached hydrogens (tertiary/aromatic N) is 1. The van der Waals surface area contributed by atoms with Gasteiger partial charge < -0.3 is 14.7 Å². The van der Waals surface area contributed by atoms with Gasteiger partial charge in [-0.05, 0) is 18.6 Å². The maximum absolute atomic E-state index is 9.81. The summed E-state index contributed by atoms with van der Waals surface area (Å²) in [5, 5.41) is 9.81. The number of ether oxygens (including phenoxy) is 1. The maximum atomic E-state index is 9.81. The third-order valence-electron chi connectivity index (χ3n) is 2.69. The third kappa shape index (κ3) is 5.20. The zero-order valence-corrected chi connectivity index (χ0v) is 10.8. The number of unbranched alkanes of at least 4 members (excludes halogenated alkanes) is 1. The van der Waals surface area contributed by atoms with E-state index in [1.165, 1.54) is 0 Å². The molecule has 17 heavy (non-hydrogen) atoms. The lowest BCUT2D eigenvalue weighted by Gasteiger charge is -2.27. The molecule has 0 bridgehead atoms. The number of para-hydroxylation sites is 1. The predicted octanol–water partition coefficient (Wildman–Crippen LogP) is 2.30. The summed E-state index contributed by atoms with van der Waals surface area (Å²) >= 11 is 0. The highest BCUT2D eigenvalue weighted by Gasteiger charge is 2.11. The van der Waals surface area contributed by atoms with Gasteiger partial charge in [-0.15, -0.1) is 0 Å². The molecule has 1 N–H and O–H groups in total. The van der Waals surface area contributed by atoms with Crippen LogP contribution >= 0.6 is 0 Å². The first-order chi connectivity index (χ1) is 8.27. The van der Waals surface area contributed by atoms with Crippen LogP contribution in [0.2, 0.25) is 0 Å². The van der Waals surface area contributed by atoms with Gasteiger partial charge in [-0.25, -0.2) is 0 Å². The molecule has 0 radical (unpaired) electrons. The minimum atomic E-state index is -0.433. The standard InChI is InChI=1S/C14H23NO2/c1-3-4-10-15(11-14(16)12-17-2)13-8-6-5-7-9-13/h5-9,14,16H,3-4,10-12H2,1-2H3. The van der Waals surface area contributed by atoms with E-state index in [4.69, 9.17) is 4.74 Å². The summed E-state index contributed by atoms with van der Waals surface area (Å²) in [6, 6.07) is 10.2. The van der Waals surface area contributed by atoms with Gasteiger partial charge in [0.15, 0.2) is 0 Å². The van der Waals surface area contributed by atoms with Crippen LogP contribution < -0.4 is 4.90 Å². The van der Waals surface area contributed by atoms with Crippen molar-refractivity contribution < 1.29 is 9.84 Å². The highest BCUT2D eigenvalue weighted by Crippen LogP contribution is 2.14. The van der Waals surface area contributed by atoms with Crippen LogP contribution in [-0.2, 0) is 4.74 Å². The second-order valence-corrected chi connectivity index (χ2v) is 4.24. The predicted molar refractivity (Wildman–Crippen MR) is 71.4 cm³/mol. The Hall–Kier alpha value is -1.06. The van der Waals surface area contributed by atoms with Gasteiger partial charge in [0.25, 0.3) is 0 Å².